The van der Waals surface area contributed by atoms with Gasteiger partial charge in [0.15, 0.2) is 0 Å². The van der Waals surface area contributed by atoms with E-state index in [1.165, 1.54) is 38.8 Å². The molecule has 0 saturated heterocycles. The summed E-state index contributed by atoms with van der Waals surface area (Å²) in [6.45, 7) is 4.69. The van der Waals surface area contributed by atoms with Gasteiger partial charge < -0.3 is 4.57 Å². The highest BCUT2D eigenvalue weighted by molar-refractivity contribution is 6.11. The van der Waals surface area contributed by atoms with Crippen LogP contribution in [0.25, 0.3) is 38.8 Å². The Kier molecular flexibility index (Phi) is 2.98. The third-order valence-corrected chi connectivity index (χ3v) is 6.21. The second kappa shape index (κ2) is 5.32. The lowest BCUT2D eigenvalue weighted by Gasteiger charge is -2.23. The summed E-state index contributed by atoms with van der Waals surface area (Å²) < 4.78 is 2.39. The van der Waals surface area contributed by atoms with Gasteiger partial charge in [0.25, 0.3) is 0 Å². The molecule has 1 aliphatic carbocycles. The molecule has 134 valence electrons. The van der Waals surface area contributed by atoms with Gasteiger partial charge in [-0.2, -0.15) is 0 Å². The van der Waals surface area contributed by atoms with Gasteiger partial charge in [0.1, 0.15) is 0 Å². The minimum Gasteiger partial charge on any atom is -0.307 e. The number of fused-ring (bicyclic) bond motifs is 7. The van der Waals surface area contributed by atoms with Gasteiger partial charge in [-0.25, -0.2) is 0 Å². The smallest absolute Gasteiger partial charge is 0.0963 e. The second-order valence-electron chi connectivity index (χ2n) is 8.10. The van der Waals surface area contributed by atoms with Crippen LogP contribution in [0, 0.1) is 0 Å². The SMILES string of the molecule is CC1(C)c2ccccc2-c2ccc3c4ncccc4n(-c4ccccc4)c3c21. The first-order valence-corrected chi connectivity index (χ1v) is 9.76. The number of hydrogen-bond donors (Lipinski definition) is 0. The molecule has 1 aliphatic rings. The molecule has 0 atom stereocenters. The summed E-state index contributed by atoms with van der Waals surface area (Å²) in [5.41, 5.74) is 10.1. The number of rotatable bonds is 1. The van der Waals surface area contributed by atoms with E-state index in [2.05, 4.69) is 91.2 Å². The highest BCUT2D eigenvalue weighted by Crippen LogP contribution is 2.52. The Labute approximate surface area is 164 Å². The van der Waals surface area contributed by atoms with Crippen molar-refractivity contribution in [3.63, 3.8) is 0 Å². The van der Waals surface area contributed by atoms with Crippen LogP contribution in [0.1, 0.15) is 25.0 Å². The van der Waals surface area contributed by atoms with E-state index >= 15 is 0 Å². The fraction of sp³-hybridized carbons (Fsp3) is 0.115. The summed E-state index contributed by atoms with van der Waals surface area (Å²) >= 11 is 0. The van der Waals surface area contributed by atoms with Crippen molar-refractivity contribution in [2.45, 2.75) is 19.3 Å². The first kappa shape index (κ1) is 15.6. The molecule has 6 rings (SSSR count). The molecule has 5 aromatic rings. The number of nitrogens with zero attached hydrogens (tertiary/aromatic N) is 2. The highest BCUT2D eigenvalue weighted by atomic mass is 15.0. The Morgan fingerprint density at radius 2 is 1.54 bits per heavy atom. The fourth-order valence-corrected chi connectivity index (χ4v) is 5.02. The van der Waals surface area contributed by atoms with Crippen molar-refractivity contribution in [2.24, 2.45) is 0 Å². The average Bonchev–Trinajstić information content (AvgIpc) is 3.19. The van der Waals surface area contributed by atoms with Gasteiger partial charge in [0.05, 0.1) is 16.6 Å². The van der Waals surface area contributed by atoms with Crippen LogP contribution in [0.2, 0.25) is 0 Å². The zero-order chi connectivity index (χ0) is 18.9. The normalized spacial score (nSPS) is 14.4. The molecule has 0 radical (unpaired) electrons. The molecule has 2 aromatic heterocycles. The molecule has 28 heavy (non-hydrogen) atoms. The van der Waals surface area contributed by atoms with Crippen LogP contribution in [-0.4, -0.2) is 9.55 Å². The number of aromatic nitrogens is 2. The molecule has 0 N–H and O–H groups in total. The van der Waals surface area contributed by atoms with Crippen LogP contribution in [-0.2, 0) is 5.41 Å². The molecule has 0 bridgehead atoms. The monoisotopic (exact) mass is 360 g/mol. The van der Waals surface area contributed by atoms with Crippen LogP contribution in [0.5, 0.6) is 0 Å². The van der Waals surface area contributed by atoms with E-state index in [9.17, 15) is 0 Å². The quantitative estimate of drug-likeness (QED) is 0.334. The molecule has 2 nitrogen and oxygen atoms in total. The Hall–Kier alpha value is -3.39. The minimum atomic E-state index is -0.0632. The lowest BCUT2D eigenvalue weighted by molar-refractivity contribution is 0.664. The zero-order valence-corrected chi connectivity index (χ0v) is 16.0. The summed E-state index contributed by atoms with van der Waals surface area (Å²) in [7, 11) is 0. The second-order valence-corrected chi connectivity index (χ2v) is 8.10. The van der Waals surface area contributed by atoms with Gasteiger partial charge in [-0.1, -0.05) is 62.4 Å². The predicted molar refractivity (Wildman–Crippen MR) is 116 cm³/mol. The van der Waals surface area contributed by atoms with E-state index in [0.717, 1.165) is 11.0 Å². The van der Waals surface area contributed by atoms with E-state index < -0.39 is 0 Å². The van der Waals surface area contributed by atoms with Crippen molar-refractivity contribution >= 4 is 21.9 Å². The maximum Gasteiger partial charge on any atom is 0.0963 e. The molecule has 0 fully saturated rings. The van der Waals surface area contributed by atoms with Gasteiger partial charge in [-0.3, -0.25) is 4.98 Å². The zero-order valence-electron chi connectivity index (χ0n) is 16.0. The molecule has 0 saturated carbocycles. The van der Waals surface area contributed by atoms with Gasteiger partial charge >= 0.3 is 0 Å². The third kappa shape index (κ3) is 1.85. The Bertz CT molecular complexity index is 1370. The number of hydrogen-bond acceptors (Lipinski definition) is 1. The maximum absolute atomic E-state index is 4.76. The van der Waals surface area contributed by atoms with E-state index in [4.69, 9.17) is 4.98 Å². The van der Waals surface area contributed by atoms with Gasteiger partial charge in [-0.05, 0) is 52.6 Å². The number of pyridine rings is 1. The Morgan fingerprint density at radius 1 is 0.750 bits per heavy atom. The summed E-state index contributed by atoms with van der Waals surface area (Å²) in [5, 5.41) is 1.22. The molecule has 0 amide bonds. The Morgan fingerprint density at radius 3 is 2.39 bits per heavy atom. The number of para-hydroxylation sites is 1. The van der Waals surface area contributed by atoms with Gasteiger partial charge in [0.2, 0.25) is 0 Å². The lowest BCUT2D eigenvalue weighted by Crippen LogP contribution is -2.16. The van der Waals surface area contributed by atoms with Crippen molar-refractivity contribution in [1.29, 1.82) is 0 Å². The molecule has 0 unspecified atom stereocenters. The standard InChI is InChI=1S/C26H20N2/c1-26(2)21-12-7-6-11-18(21)19-14-15-20-24-22(13-8-16-27-24)28(25(20)23(19)26)17-9-4-3-5-10-17/h3-16H,1-2H3. The molecule has 2 heteroatoms. The van der Waals surface area contributed by atoms with Crippen LogP contribution in [0.4, 0.5) is 0 Å². The molecule has 0 aliphatic heterocycles. The molecular weight excluding hydrogens is 340 g/mol. The molecule has 3 aromatic carbocycles. The summed E-state index contributed by atoms with van der Waals surface area (Å²) in [6, 6.07) is 28.2. The van der Waals surface area contributed by atoms with Crippen LogP contribution >= 0.6 is 0 Å². The van der Waals surface area contributed by atoms with Crippen LogP contribution < -0.4 is 0 Å². The maximum atomic E-state index is 4.76. The van der Waals surface area contributed by atoms with Crippen LogP contribution in [0.15, 0.2) is 85.1 Å². The summed E-state index contributed by atoms with van der Waals surface area (Å²) in [5.74, 6) is 0. The van der Waals surface area contributed by atoms with Crippen LogP contribution in [0.3, 0.4) is 0 Å². The summed E-state index contributed by atoms with van der Waals surface area (Å²) in [4.78, 5) is 4.76. The van der Waals surface area contributed by atoms with Crippen molar-refractivity contribution in [1.82, 2.24) is 9.55 Å². The van der Waals surface area contributed by atoms with E-state index in [0.29, 0.717) is 0 Å². The lowest BCUT2D eigenvalue weighted by atomic mass is 9.81. The summed E-state index contributed by atoms with van der Waals surface area (Å²) in [6.07, 6.45) is 1.89. The third-order valence-electron chi connectivity index (χ3n) is 6.21. The average molecular weight is 360 g/mol. The first-order valence-electron chi connectivity index (χ1n) is 9.76. The van der Waals surface area contributed by atoms with E-state index in [-0.39, 0.29) is 5.41 Å². The van der Waals surface area contributed by atoms with E-state index in [1.54, 1.807) is 0 Å². The largest absolute Gasteiger partial charge is 0.307 e. The minimum absolute atomic E-state index is 0.0632. The first-order chi connectivity index (χ1) is 13.7. The van der Waals surface area contributed by atoms with Gasteiger partial charge in [-0.15, -0.1) is 0 Å². The van der Waals surface area contributed by atoms with Crippen molar-refractivity contribution in [3.05, 3.63) is 96.2 Å². The van der Waals surface area contributed by atoms with Gasteiger partial charge in [0, 0.05) is 22.7 Å². The topological polar surface area (TPSA) is 17.8 Å². The molecular formula is C26H20N2. The molecule has 0 spiro atoms. The molecule has 2 heterocycles. The Balaban J connectivity index is 1.86. The van der Waals surface area contributed by atoms with Crippen molar-refractivity contribution < 1.29 is 0 Å². The highest BCUT2D eigenvalue weighted by Gasteiger charge is 2.38. The predicted octanol–water partition coefficient (Wildman–Crippen LogP) is 6.49. The number of benzene rings is 3. The van der Waals surface area contributed by atoms with Crippen molar-refractivity contribution in [2.75, 3.05) is 0 Å². The van der Waals surface area contributed by atoms with Crippen molar-refractivity contribution in [3.8, 4) is 16.8 Å². The van der Waals surface area contributed by atoms with E-state index in [1.807, 2.05) is 12.3 Å². The fourth-order valence-electron chi connectivity index (χ4n) is 5.02.